The van der Waals surface area contributed by atoms with Crippen LogP contribution < -0.4 is 10.1 Å². The number of benzene rings is 1. The van der Waals surface area contributed by atoms with Crippen molar-refractivity contribution in [1.29, 1.82) is 0 Å². The van der Waals surface area contributed by atoms with Crippen LogP contribution in [0, 0.1) is 5.92 Å². The van der Waals surface area contributed by atoms with Gasteiger partial charge in [0.1, 0.15) is 5.75 Å². The van der Waals surface area contributed by atoms with Crippen molar-refractivity contribution < 1.29 is 4.74 Å². The van der Waals surface area contributed by atoms with Crippen LogP contribution in [0.2, 0.25) is 0 Å². The van der Waals surface area contributed by atoms with Crippen LogP contribution >= 0.6 is 0 Å². The van der Waals surface area contributed by atoms with Crippen LogP contribution in [0.5, 0.6) is 5.75 Å². The summed E-state index contributed by atoms with van der Waals surface area (Å²) in [7, 11) is 1.68. The zero-order chi connectivity index (χ0) is 15.9. The number of anilines is 1. The van der Waals surface area contributed by atoms with Gasteiger partial charge in [-0.2, -0.15) is 0 Å². The molecule has 0 amide bonds. The predicted octanol–water partition coefficient (Wildman–Crippen LogP) is 5.05. The van der Waals surface area contributed by atoms with E-state index in [1.165, 1.54) is 11.1 Å². The lowest BCUT2D eigenvalue weighted by Gasteiger charge is -2.19. The molecule has 0 saturated heterocycles. The minimum Gasteiger partial charge on any atom is -0.497 e. The van der Waals surface area contributed by atoms with Gasteiger partial charge in [-0.3, -0.25) is 0 Å². The lowest BCUT2D eigenvalue weighted by Crippen LogP contribution is -2.04. The highest BCUT2D eigenvalue weighted by atomic mass is 16.5. The molecule has 0 aromatic heterocycles. The molecule has 2 aliphatic carbocycles. The predicted molar refractivity (Wildman–Crippen MR) is 97.8 cm³/mol. The molecule has 0 radical (unpaired) electrons. The minimum atomic E-state index is 0.578. The summed E-state index contributed by atoms with van der Waals surface area (Å²) in [5.74, 6) is 1.46. The van der Waals surface area contributed by atoms with E-state index in [0.717, 1.165) is 30.8 Å². The van der Waals surface area contributed by atoms with E-state index in [1.807, 2.05) is 24.3 Å². The van der Waals surface area contributed by atoms with Crippen LogP contribution in [0.4, 0.5) is 5.69 Å². The van der Waals surface area contributed by atoms with E-state index in [-0.39, 0.29) is 0 Å². The molecular weight excluding hydrogens is 282 g/mol. The Morgan fingerprint density at radius 1 is 1.26 bits per heavy atom. The number of allylic oxidation sites excluding steroid dienone is 9. The first-order chi connectivity index (χ1) is 11.3. The molecule has 0 saturated carbocycles. The van der Waals surface area contributed by atoms with Gasteiger partial charge in [-0.15, -0.1) is 0 Å². The van der Waals surface area contributed by atoms with Crippen molar-refractivity contribution in [3.63, 3.8) is 0 Å². The fourth-order valence-electron chi connectivity index (χ4n) is 2.81. The monoisotopic (exact) mass is 305 g/mol. The van der Waals surface area contributed by atoms with E-state index in [1.54, 1.807) is 7.11 Å². The van der Waals surface area contributed by atoms with Crippen molar-refractivity contribution in [2.45, 2.75) is 12.8 Å². The largest absolute Gasteiger partial charge is 0.497 e. The SMILES string of the molecule is COc1ccc(NCC/C=C/C2=CC3=CC=CCC3C=C2)cc1. The van der Waals surface area contributed by atoms with Gasteiger partial charge in [-0.25, -0.2) is 0 Å². The van der Waals surface area contributed by atoms with Gasteiger partial charge < -0.3 is 10.1 Å². The lowest BCUT2D eigenvalue weighted by atomic mass is 9.86. The molecule has 0 spiro atoms. The topological polar surface area (TPSA) is 21.3 Å². The average Bonchev–Trinajstić information content (AvgIpc) is 2.62. The summed E-state index contributed by atoms with van der Waals surface area (Å²) in [5.41, 5.74) is 3.83. The molecule has 2 aliphatic rings. The van der Waals surface area contributed by atoms with Crippen molar-refractivity contribution in [1.82, 2.24) is 0 Å². The van der Waals surface area contributed by atoms with Crippen molar-refractivity contribution in [2.75, 3.05) is 19.0 Å². The first kappa shape index (κ1) is 15.4. The zero-order valence-corrected chi connectivity index (χ0v) is 13.5. The summed E-state index contributed by atoms with van der Waals surface area (Å²) in [6.45, 7) is 0.924. The Morgan fingerprint density at radius 2 is 2.13 bits per heavy atom. The van der Waals surface area contributed by atoms with Crippen LogP contribution in [-0.2, 0) is 0 Å². The van der Waals surface area contributed by atoms with Gasteiger partial charge in [0.15, 0.2) is 0 Å². The lowest BCUT2D eigenvalue weighted by molar-refractivity contribution is 0.415. The Balaban J connectivity index is 1.46. The molecule has 0 heterocycles. The van der Waals surface area contributed by atoms with Crippen molar-refractivity contribution >= 4 is 5.69 Å². The molecule has 3 rings (SSSR count). The van der Waals surface area contributed by atoms with Gasteiger partial charge >= 0.3 is 0 Å². The molecule has 2 heteroatoms. The number of hydrogen-bond donors (Lipinski definition) is 1. The molecule has 1 unspecified atom stereocenters. The van der Waals surface area contributed by atoms with Gasteiger partial charge in [0.05, 0.1) is 7.11 Å². The third-order valence-corrected chi connectivity index (χ3v) is 4.14. The van der Waals surface area contributed by atoms with Gasteiger partial charge in [0.2, 0.25) is 0 Å². The second-order valence-electron chi connectivity index (χ2n) is 5.79. The van der Waals surface area contributed by atoms with Crippen LogP contribution in [0.15, 0.2) is 84.0 Å². The average molecular weight is 305 g/mol. The summed E-state index contributed by atoms with van der Waals surface area (Å²) in [6.07, 6.45) is 20.0. The molecule has 1 N–H and O–H groups in total. The molecule has 0 bridgehead atoms. The molecule has 1 aromatic carbocycles. The highest BCUT2D eigenvalue weighted by molar-refractivity contribution is 5.48. The molecule has 0 aliphatic heterocycles. The molecule has 2 nitrogen and oxygen atoms in total. The molecule has 1 aromatic rings. The third kappa shape index (κ3) is 4.26. The fourth-order valence-corrected chi connectivity index (χ4v) is 2.81. The number of methoxy groups -OCH3 is 1. The van der Waals surface area contributed by atoms with Gasteiger partial charge in [-0.05, 0) is 48.3 Å². The second-order valence-corrected chi connectivity index (χ2v) is 5.79. The Bertz CT molecular complexity index is 674. The number of fused-ring (bicyclic) bond motifs is 1. The van der Waals surface area contributed by atoms with Crippen LogP contribution in [0.3, 0.4) is 0 Å². The normalized spacial score (nSPS) is 19.3. The van der Waals surface area contributed by atoms with Crippen LogP contribution in [0.1, 0.15) is 12.8 Å². The zero-order valence-electron chi connectivity index (χ0n) is 13.5. The maximum atomic E-state index is 5.16. The minimum absolute atomic E-state index is 0.578. The summed E-state index contributed by atoms with van der Waals surface area (Å²) >= 11 is 0. The maximum Gasteiger partial charge on any atom is 0.119 e. The first-order valence-corrected chi connectivity index (χ1v) is 8.16. The number of nitrogens with one attached hydrogen (secondary N) is 1. The summed E-state index contributed by atoms with van der Waals surface area (Å²) in [6, 6.07) is 8.02. The van der Waals surface area contributed by atoms with Crippen LogP contribution in [0.25, 0.3) is 0 Å². The number of ether oxygens (including phenoxy) is 1. The first-order valence-electron chi connectivity index (χ1n) is 8.16. The Kier molecular flexibility index (Phi) is 5.15. The molecule has 23 heavy (non-hydrogen) atoms. The molecule has 118 valence electrons. The standard InChI is InChI=1S/C21H23NO/c1-23-21-13-11-20(12-14-21)22-15-5-4-6-17-9-10-18-7-2-3-8-19(18)16-17/h2-4,6,8-14,16,18,22H,5,7,15H2,1H3/b6-4+. The summed E-state index contributed by atoms with van der Waals surface area (Å²) in [5, 5.41) is 3.41. The van der Waals surface area contributed by atoms with Crippen molar-refractivity contribution in [3.8, 4) is 5.75 Å². The molecule has 1 atom stereocenters. The van der Waals surface area contributed by atoms with Gasteiger partial charge in [0, 0.05) is 18.2 Å². The number of rotatable bonds is 6. The Morgan fingerprint density at radius 3 is 2.96 bits per heavy atom. The van der Waals surface area contributed by atoms with E-state index in [4.69, 9.17) is 4.74 Å². The maximum absolute atomic E-state index is 5.16. The van der Waals surface area contributed by atoms with Crippen molar-refractivity contribution in [3.05, 3.63) is 84.0 Å². The third-order valence-electron chi connectivity index (χ3n) is 4.14. The van der Waals surface area contributed by atoms with E-state index in [2.05, 4.69) is 53.9 Å². The van der Waals surface area contributed by atoms with Gasteiger partial charge in [-0.1, -0.05) is 48.6 Å². The molecule has 0 fully saturated rings. The highest BCUT2D eigenvalue weighted by Gasteiger charge is 2.13. The quantitative estimate of drug-likeness (QED) is 0.742. The van der Waals surface area contributed by atoms with E-state index in [0.29, 0.717) is 5.92 Å². The highest BCUT2D eigenvalue weighted by Crippen LogP contribution is 2.28. The second kappa shape index (κ2) is 7.68. The van der Waals surface area contributed by atoms with Crippen molar-refractivity contribution in [2.24, 2.45) is 5.92 Å². The van der Waals surface area contributed by atoms with Crippen LogP contribution in [-0.4, -0.2) is 13.7 Å². The smallest absolute Gasteiger partial charge is 0.119 e. The van der Waals surface area contributed by atoms with Gasteiger partial charge in [0.25, 0.3) is 0 Å². The molecular formula is C21H23NO. The van der Waals surface area contributed by atoms with E-state index < -0.39 is 0 Å². The number of hydrogen-bond acceptors (Lipinski definition) is 2. The Hall–Kier alpha value is -2.48. The van der Waals surface area contributed by atoms with E-state index in [9.17, 15) is 0 Å². The van der Waals surface area contributed by atoms with E-state index >= 15 is 0 Å². The fraction of sp³-hybridized carbons (Fsp3) is 0.238. The Labute approximate surface area is 138 Å². The summed E-state index contributed by atoms with van der Waals surface area (Å²) < 4.78 is 5.16. The summed E-state index contributed by atoms with van der Waals surface area (Å²) in [4.78, 5) is 0.